The summed E-state index contributed by atoms with van der Waals surface area (Å²) in [4.78, 5) is 15.4. The summed E-state index contributed by atoms with van der Waals surface area (Å²) in [5.41, 5.74) is 0. The van der Waals surface area contributed by atoms with E-state index < -0.39 is 6.04 Å². The molecule has 88 valence electrons. The van der Waals surface area contributed by atoms with Gasteiger partial charge in [-0.25, -0.2) is 0 Å². The molecule has 1 amide bonds. The predicted octanol–water partition coefficient (Wildman–Crippen LogP) is -0.0855. The number of carbonyl (C=O) groups is 1. The number of aliphatic hydroxyl groups excluding tert-OH is 1. The van der Waals surface area contributed by atoms with Gasteiger partial charge in [-0.05, 0) is 12.1 Å². The van der Waals surface area contributed by atoms with Gasteiger partial charge in [-0.3, -0.25) is 9.69 Å². The molecule has 5 heteroatoms. The lowest BCUT2D eigenvalue weighted by molar-refractivity contribution is -0.142. The van der Waals surface area contributed by atoms with Crippen LogP contribution < -0.4 is 0 Å². The summed E-state index contributed by atoms with van der Waals surface area (Å²) in [5, 5.41) is 9.26. The van der Waals surface area contributed by atoms with Gasteiger partial charge in [-0.1, -0.05) is 0 Å². The number of hydrogen-bond acceptors (Lipinski definition) is 4. The Kier molecular flexibility index (Phi) is 3.26. The third-order valence-electron chi connectivity index (χ3n) is 2.94. The van der Waals surface area contributed by atoms with Crippen LogP contribution in [0.5, 0.6) is 0 Å². The summed E-state index contributed by atoms with van der Waals surface area (Å²) >= 11 is 0. The van der Waals surface area contributed by atoms with Crippen molar-refractivity contribution in [3.05, 3.63) is 24.2 Å². The second-order valence-corrected chi connectivity index (χ2v) is 4.01. The molecule has 1 aliphatic rings. The van der Waals surface area contributed by atoms with E-state index >= 15 is 0 Å². The molecule has 1 aliphatic heterocycles. The van der Waals surface area contributed by atoms with E-state index in [1.807, 2.05) is 17.0 Å². The lowest BCUT2D eigenvalue weighted by Gasteiger charge is -2.37. The van der Waals surface area contributed by atoms with Gasteiger partial charge in [0, 0.05) is 20.1 Å². The van der Waals surface area contributed by atoms with Gasteiger partial charge in [0.25, 0.3) is 0 Å². The van der Waals surface area contributed by atoms with E-state index in [4.69, 9.17) is 4.42 Å². The standard InChI is InChI=1S/C11H16N2O3/c1-12-4-5-13(10(8-14)11(12)15)7-9-3-2-6-16-9/h2-3,6,10,14H,4-5,7-8H2,1H3. The van der Waals surface area contributed by atoms with Crippen molar-refractivity contribution in [3.63, 3.8) is 0 Å². The van der Waals surface area contributed by atoms with Gasteiger partial charge in [0.15, 0.2) is 0 Å². The van der Waals surface area contributed by atoms with Gasteiger partial charge in [0.2, 0.25) is 5.91 Å². The molecule has 1 fully saturated rings. The first-order valence-electron chi connectivity index (χ1n) is 5.34. The second kappa shape index (κ2) is 4.67. The minimum absolute atomic E-state index is 0.0275. The molecule has 1 saturated heterocycles. The molecule has 0 radical (unpaired) electrons. The van der Waals surface area contributed by atoms with E-state index in [0.29, 0.717) is 13.1 Å². The summed E-state index contributed by atoms with van der Waals surface area (Å²) in [6.45, 7) is 1.87. The van der Waals surface area contributed by atoms with Gasteiger partial charge < -0.3 is 14.4 Å². The molecule has 1 N–H and O–H groups in total. The van der Waals surface area contributed by atoms with Crippen molar-refractivity contribution >= 4 is 5.91 Å². The van der Waals surface area contributed by atoms with Crippen LogP contribution in [0.15, 0.2) is 22.8 Å². The number of amides is 1. The van der Waals surface area contributed by atoms with Crippen molar-refractivity contribution < 1.29 is 14.3 Å². The minimum Gasteiger partial charge on any atom is -0.468 e. The first-order valence-corrected chi connectivity index (χ1v) is 5.34. The molecule has 1 aromatic heterocycles. The molecule has 0 bridgehead atoms. The van der Waals surface area contributed by atoms with Crippen molar-refractivity contribution in [1.82, 2.24) is 9.80 Å². The van der Waals surface area contributed by atoms with E-state index in [1.165, 1.54) is 0 Å². The van der Waals surface area contributed by atoms with E-state index in [1.54, 1.807) is 18.2 Å². The zero-order valence-corrected chi connectivity index (χ0v) is 9.30. The van der Waals surface area contributed by atoms with E-state index in [9.17, 15) is 9.90 Å². The van der Waals surface area contributed by atoms with Crippen molar-refractivity contribution in [1.29, 1.82) is 0 Å². The summed E-state index contributed by atoms with van der Waals surface area (Å²) < 4.78 is 5.24. The molecule has 0 aliphatic carbocycles. The number of carbonyl (C=O) groups excluding carboxylic acids is 1. The number of likely N-dealkylation sites (N-methyl/N-ethyl adjacent to an activating group) is 1. The lowest BCUT2D eigenvalue weighted by atomic mass is 10.1. The molecule has 2 heterocycles. The van der Waals surface area contributed by atoms with Crippen molar-refractivity contribution in [2.45, 2.75) is 12.6 Å². The number of piperazine rings is 1. The summed E-state index contributed by atoms with van der Waals surface area (Å²) in [6.07, 6.45) is 1.61. The lowest BCUT2D eigenvalue weighted by Crippen LogP contribution is -2.56. The highest BCUT2D eigenvalue weighted by Gasteiger charge is 2.32. The molecule has 16 heavy (non-hydrogen) atoms. The van der Waals surface area contributed by atoms with E-state index in [2.05, 4.69) is 0 Å². The fraction of sp³-hybridized carbons (Fsp3) is 0.545. The highest BCUT2D eigenvalue weighted by Crippen LogP contribution is 2.14. The molecular formula is C11H16N2O3. The monoisotopic (exact) mass is 224 g/mol. The molecule has 1 unspecified atom stereocenters. The van der Waals surface area contributed by atoms with Gasteiger partial charge >= 0.3 is 0 Å². The highest BCUT2D eigenvalue weighted by molar-refractivity contribution is 5.82. The zero-order valence-electron chi connectivity index (χ0n) is 9.30. The Morgan fingerprint density at radius 3 is 3.00 bits per heavy atom. The largest absolute Gasteiger partial charge is 0.468 e. The quantitative estimate of drug-likeness (QED) is 0.780. The van der Waals surface area contributed by atoms with Crippen molar-refractivity contribution in [3.8, 4) is 0 Å². The molecule has 1 aromatic rings. The third-order valence-corrected chi connectivity index (χ3v) is 2.94. The van der Waals surface area contributed by atoms with Crippen LogP contribution in [0.25, 0.3) is 0 Å². The topological polar surface area (TPSA) is 56.9 Å². The highest BCUT2D eigenvalue weighted by atomic mass is 16.3. The Morgan fingerprint density at radius 2 is 2.38 bits per heavy atom. The number of hydrogen-bond donors (Lipinski definition) is 1. The van der Waals surface area contributed by atoms with Crippen LogP contribution in [-0.2, 0) is 11.3 Å². The van der Waals surface area contributed by atoms with Crippen molar-refractivity contribution in [2.24, 2.45) is 0 Å². The van der Waals surface area contributed by atoms with Crippen LogP contribution in [0.3, 0.4) is 0 Å². The fourth-order valence-corrected chi connectivity index (χ4v) is 1.94. The van der Waals surface area contributed by atoms with Crippen LogP contribution in [0.4, 0.5) is 0 Å². The summed E-state index contributed by atoms with van der Waals surface area (Å²) in [6, 6.07) is 3.25. The molecule has 2 rings (SSSR count). The molecule has 0 saturated carbocycles. The van der Waals surface area contributed by atoms with Gasteiger partial charge in [-0.15, -0.1) is 0 Å². The van der Waals surface area contributed by atoms with Gasteiger partial charge in [0.1, 0.15) is 11.8 Å². The predicted molar refractivity (Wildman–Crippen MR) is 57.6 cm³/mol. The number of aliphatic hydroxyl groups is 1. The molecule has 1 atom stereocenters. The maximum atomic E-state index is 11.8. The van der Waals surface area contributed by atoms with Crippen LogP contribution >= 0.6 is 0 Å². The average Bonchev–Trinajstić information content (AvgIpc) is 2.77. The Bertz CT molecular complexity index is 350. The molecular weight excluding hydrogens is 208 g/mol. The Morgan fingerprint density at radius 1 is 1.56 bits per heavy atom. The smallest absolute Gasteiger partial charge is 0.242 e. The first kappa shape index (κ1) is 11.2. The Hall–Kier alpha value is -1.33. The fourth-order valence-electron chi connectivity index (χ4n) is 1.94. The normalized spacial score (nSPS) is 22.8. The van der Waals surface area contributed by atoms with Crippen LogP contribution in [-0.4, -0.2) is 53.6 Å². The van der Waals surface area contributed by atoms with Crippen molar-refractivity contribution in [2.75, 3.05) is 26.7 Å². The minimum atomic E-state index is -0.441. The summed E-state index contributed by atoms with van der Waals surface area (Å²) in [5.74, 6) is 0.788. The van der Waals surface area contributed by atoms with E-state index in [-0.39, 0.29) is 12.5 Å². The van der Waals surface area contributed by atoms with Crippen LogP contribution in [0, 0.1) is 0 Å². The second-order valence-electron chi connectivity index (χ2n) is 4.01. The zero-order chi connectivity index (χ0) is 11.5. The number of nitrogens with zero attached hydrogens (tertiary/aromatic N) is 2. The summed E-state index contributed by atoms with van der Waals surface area (Å²) in [7, 11) is 1.76. The molecule has 0 spiro atoms. The Balaban J connectivity index is 2.06. The van der Waals surface area contributed by atoms with Crippen LogP contribution in [0.1, 0.15) is 5.76 Å². The van der Waals surface area contributed by atoms with Gasteiger partial charge in [0.05, 0.1) is 19.4 Å². The maximum Gasteiger partial charge on any atom is 0.242 e. The third kappa shape index (κ3) is 2.10. The Labute approximate surface area is 94.2 Å². The average molecular weight is 224 g/mol. The SMILES string of the molecule is CN1CCN(Cc2ccco2)C(CO)C1=O. The maximum absolute atomic E-state index is 11.8. The number of rotatable bonds is 3. The number of furan rings is 1. The van der Waals surface area contributed by atoms with Crippen LogP contribution in [0.2, 0.25) is 0 Å². The van der Waals surface area contributed by atoms with E-state index in [0.717, 1.165) is 12.3 Å². The van der Waals surface area contributed by atoms with Gasteiger partial charge in [-0.2, -0.15) is 0 Å². The molecule has 5 nitrogen and oxygen atoms in total. The first-order chi connectivity index (χ1) is 7.72. The molecule has 0 aromatic carbocycles.